The first-order valence-corrected chi connectivity index (χ1v) is 6.05. The molecule has 0 unspecified atom stereocenters. The van der Waals surface area contributed by atoms with Gasteiger partial charge in [-0.25, -0.2) is 9.78 Å². The van der Waals surface area contributed by atoms with Crippen LogP contribution in [0.1, 0.15) is 16.1 Å². The summed E-state index contributed by atoms with van der Waals surface area (Å²) in [6.07, 6.45) is 1.19. The lowest BCUT2D eigenvalue weighted by Crippen LogP contribution is -2.29. The number of rotatable bonds is 6. The van der Waals surface area contributed by atoms with E-state index in [4.69, 9.17) is 14.3 Å². The molecule has 0 bridgehead atoms. The number of nitrogens with one attached hydrogen (secondary N) is 2. The van der Waals surface area contributed by atoms with Crippen LogP contribution in [0.25, 0.3) is 11.1 Å². The quantitative estimate of drug-likeness (QED) is 0.620. The molecule has 0 fully saturated rings. The molecule has 0 aliphatic rings. The number of amides is 1. The van der Waals surface area contributed by atoms with Gasteiger partial charge in [-0.15, -0.1) is 0 Å². The first kappa shape index (κ1) is 14.7. The average Bonchev–Trinajstić information content (AvgIpc) is 2.75. The minimum atomic E-state index is -1.09. The number of carboxylic acid groups (broad SMARTS) is 1. The second-order valence-electron chi connectivity index (χ2n) is 4.15. The van der Waals surface area contributed by atoms with Crippen LogP contribution in [0.15, 0.2) is 15.5 Å². The van der Waals surface area contributed by atoms with E-state index in [-0.39, 0.29) is 35.6 Å². The first-order valence-electron chi connectivity index (χ1n) is 6.05. The summed E-state index contributed by atoms with van der Waals surface area (Å²) in [6, 6.07) is 0. The predicted molar refractivity (Wildman–Crippen MR) is 70.2 cm³/mol. The molecule has 3 N–H and O–H groups in total. The van der Waals surface area contributed by atoms with E-state index in [1.807, 2.05) is 0 Å². The van der Waals surface area contributed by atoms with Gasteiger partial charge >= 0.3 is 5.97 Å². The zero-order valence-electron chi connectivity index (χ0n) is 11.1. The van der Waals surface area contributed by atoms with Crippen molar-refractivity contribution in [2.45, 2.75) is 6.92 Å². The Hall–Kier alpha value is -2.68. The monoisotopic (exact) mass is 295 g/mol. The Morgan fingerprint density at radius 2 is 2.29 bits per heavy atom. The van der Waals surface area contributed by atoms with Gasteiger partial charge in [-0.2, -0.15) is 0 Å². The van der Waals surface area contributed by atoms with Gasteiger partial charge < -0.3 is 24.6 Å². The fourth-order valence-electron chi connectivity index (χ4n) is 1.81. The van der Waals surface area contributed by atoms with Crippen molar-refractivity contribution in [1.29, 1.82) is 0 Å². The molecule has 9 heteroatoms. The van der Waals surface area contributed by atoms with Gasteiger partial charge in [0.15, 0.2) is 0 Å². The number of nitrogens with zero attached hydrogens (tertiary/aromatic N) is 1. The van der Waals surface area contributed by atoms with Gasteiger partial charge in [0, 0.05) is 6.54 Å². The fourth-order valence-corrected chi connectivity index (χ4v) is 1.81. The Bertz CT molecular complexity index is 732. The molecule has 0 aliphatic heterocycles. The van der Waals surface area contributed by atoms with E-state index >= 15 is 0 Å². The average molecular weight is 295 g/mol. The maximum Gasteiger partial charge on any atom is 0.329 e. The highest BCUT2D eigenvalue weighted by molar-refractivity contribution is 6.06. The Morgan fingerprint density at radius 3 is 3.00 bits per heavy atom. The number of aromatic amines is 1. The van der Waals surface area contributed by atoms with Crippen LogP contribution in [-0.4, -0.2) is 46.7 Å². The number of aromatic nitrogens is 2. The molecular weight excluding hydrogens is 282 g/mol. The van der Waals surface area contributed by atoms with Crippen molar-refractivity contribution in [3.05, 3.63) is 28.0 Å². The van der Waals surface area contributed by atoms with E-state index in [2.05, 4.69) is 15.3 Å². The Balaban J connectivity index is 2.08. The number of carbonyl (C=O) groups is 2. The largest absolute Gasteiger partial charge is 0.480 e. The topological polar surface area (TPSA) is 135 Å². The van der Waals surface area contributed by atoms with Crippen LogP contribution in [0.5, 0.6) is 0 Å². The standard InChI is InChI=1S/C12H13N3O6/c1-6-8(9-11(19)14-5-15-12(9)21-6)10(18)13-2-3-20-4-7(16)17/h5H,2-4H2,1H3,(H,13,18)(H,16,17)(H,14,15,19). The zero-order valence-corrected chi connectivity index (χ0v) is 11.1. The van der Waals surface area contributed by atoms with Crippen molar-refractivity contribution in [2.24, 2.45) is 0 Å². The van der Waals surface area contributed by atoms with Crippen molar-refractivity contribution in [1.82, 2.24) is 15.3 Å². The third kappa shape index (κ3) is 3.26. The molecule has 0 spiro atoms. The summed E-state index contributed by atoms with van der Waals surface area (Å²) in [5.41, 5.74) is -0.273. The summed E-state index contributed by atoms with van der Waals surface area (Å²) >= 11 is 0. The van der Waals surface area contributed by atoms with E-state index in [0.29, 0.717) is 0 Å². The lowest BCUT2D eigenvalue weighted by atomic mass is 10.2. The third-order valence-electron chi connectivity index (χ3n) is 2.65. The second-order valence-corrected chi connectivity index (χ2v) is 4.15. The second kappa shape index (κ2) is 6.18. The highest BCUT2D eigenvalue weighted by Crippen LogP contribution is 2.19. The van der Waals surface area contributed by atoms with E-state index in [1.165, 1.54) is 6.33 Å². The number of furan rings is 1. The molecule has 0 atom stereocenters. The maximum atomic E-state index is 12.1. The molecule has 2 aromatic heterocycles. The van der Waals surface area contributed by atoms with Crippen molar-refractivity contribution >= 4 is 23.0 Å². The van der Waals surface area contributed by atoms with Gasteiger partial charge in [0.1, 0.15) is 17.8 Å². The molecule has 0 aromatic carbocycles. The highest BCUT2D eigenvalue weighted by atomic mass is 16.5. The van der Waals surface area contributed by atoms with Gasteiger partial charge in [0.05, 0.1) is 18.5 Å². The van der Waals surface area contributed by atoms with Crippen molar-refractivity contribution in [3.8, 4) is 0 Å². The van der Waals surface area contributed by atoms with Crippen LogP contribution >= 0.6 is 0 Å². The molecule has 0 saturated carbocycles. The summed E-state index contributed by atoms with van der Waals surface area (Å²) in [5, 5.41) is 11.0. The van der Waals surface area contributed by atoms with Gasteiger partial charge in [-0.1, -0.05) is 0 Å². The molecule has 2 heterocycles. The SMILES string of the molecule is Cc1oc2nc[nH]c(=O)c2c1C(=O)NCCOCC(=O)O. The number of hydrogen-bond acceptors (Lipinski definition) is 6. The van der Waals surface area contributed by atoms with Gasteiger partial charge in [-0.05, 0) is 6.92 Å². The molecule has 9 nitrogen and oxygen atoms in total. The van der Waals surface area contributed by atoms with E-state index in [0.717, 1.165) is 0 Å². The summed E-state index contributed by atoms with van der Waals surface area (Å²) in [4.78, 5) is 40.3. The van der Waals surface area contributed by atoms with Crippen molar-refractivity contribution < 1.29 is 23.8 Å². The van der Waals surface area contributed by atoms with Crippen molar-refractivity contribution in [3.63, 3.8) is 0 Å². The molecule has 2 rings (SSSR count). The maximum absolute atomic E-state index is 12.1. The van der Waals surface area contributed by atoms with E-state index in [1.54, 1.807) is 6.92 Å². The number of hydrogen-bond donors (Lipinski definition) is 3. The lowest BCUT2D eigenvalue weighted by molar-refractivity contribution is -0.142. The molecule has 112 valence electrons. The third-order valence-corrected chi connectivity index (χ3v) is 2.65. The van der Waals surface area contributed by atoms with Crippen molar-refractivity contribution in [2.75, 3.05) is 19.8 Å². The summed E-state index contributed by atoms with van der Waals surface area (Å²) in [6.45, 7) is 1.27. The predicted octanol–water partition coefficient (Wildman–Crippen LogP) is -0.344. The smallest absolute Gasteiger partial charge is 0.329 e. The number of aliphatic carboxylic acids is 1. The molecule has 0 saturated heterocycles. The summed E-state index contributed by atoms with van der Waals surface area (Å²) < 4.78 is 10.0. The summed E-state index contributed by atoms with van der Waals surface area (Å²) in [7, 11) is 0. The molecule has 0 aliphatic carbocycles. The van der Waals surface area contributed by atoms with Crippen LogP contribution in [-0.2, 0) is 9.53 Å². The first-order chi connectivity index (χ1) is 10.0. The molecule has 21 heavy (non-hydrogen) atoms. The number of carboxylic acids is 1. The van der Waals surface area contributed by atoms with Gasteiger partial charge in [0.25, 0.3) is 11.5 Å². The van der Waals surface area contributed by atoms with E-state index in [9.17, 15) is 14.4 Å². The van der Waals surface area contributed by atoms with Gasteiger partial charge in [0.2, 0.25) is 5.71 Å². The number of aryl methyl sites for hydroxylation is 1. The van der Waals surface area contributed by atoms with Crippen LogP contribution in [0.4, 0.5) is 0 Å². The minimum absolute atomic E-state index is 0.0431. The van der Waals surface area contributed by atoms with Gasteiger partial charge in [-0.3, -0.25) is 9.59 Å². The van der Waals surface area contributed by atoms with Crippen LogP contribution < -0.4 is 10.9 Å². The van der Waals surface area contributed by atoms with Crippen LogP contribution in [0.2, 0.25) is 0 Å². The fraction of sp³-hybridized carbons (Fsp3) is 0.333. The molecule has 1 amide bonds. The molecule has 0 radical (unpaired) electrons. The number of ether oxygens (including phenoxy) is 1. The number of fused-ring (bicyclic) bond motifs is 1. The minimum Gasteiger partial charge on any atom is -0.480 e. The highest BCUT2D eigenvalue weighted by Gasteiger charge is 2.21. The molecule has 2 aromatic rings. The zero-order chi connectivity index (χ0) is 15.4. The Labute approximate surface area is 117 Å². The number of carbonyl (C=O) groups excluding carboxylic acids is 1. The Kier molecular flexibility index (Phi) is 4.33. The molecular formula is C12H13N3O6. The van der Waals surface area contributed by atoms with E-state index < -0.39 is 24.0 Å². The van der Waals surface area contributed by atoms with Crippen LogP contribution in [0.3, 0.4) is 0 Å². The normalized spacial score (nSPS) is 10.7. The Morgan fingerprint density at radius 1 is 1.52 bits per heavy atom. The van der Waals surface area contributed by atoms with Crippen LogP contribution in [0, 0.1) is 6.92 Å². The number of H-pyrrole nitrogens is 1. The summed E-state index contributed by atoms with van der Waals surface area (Å²) in [5.74, 6) is -1.32. The lowest BCUT2D eigenvalue weighted by Gasteiger charge is -2.04.